The second-order valence-corrected chi connectivity index (χ2v) is 8.78. The van der Waals surface area contributed by atoms with Crippen LogP contribution in [0, 0.1) is 17.3 Å². The van der Waals surface area contributed by atoms with Gasteiger partial charge in [0, 0.05) is 38.5 Å². The zero-order valence-corrected chi connectivity index (χ0v) is 15.5. The van der Waals surface area contributed by atoms with Gasteiger partial charge < -0.3 is 15.1 Å². The lowest BCUT2D eigenvalue weighted by molar-refractivity contribution is -0.135. The minimum atomic E-state index is 0.260. The van der Waals surface area contributed by atoms with Crippen LogP contribution in [0.25, 0.3) is 0 Å². The largest absolute Gasteiger partial charge is 0.341 e. The Morgan fingerprint density at radius 2 is 1.60 bits per heavy atom. The third-order valence-corrected chi connectivity index (χ3v) is 7.19. The fourth-order valence-corrected chi connectivity index (χ4v) is 5.37. The van der Waals surface area contributed by atoms with Gasteiger partial charge >= 0.3 is 0 Å². The molecule has 4 fully saturated rings. The Kier molecular flexibility index (Phi) is 5.03. The van der Waals surface area contributed by atoms with Gasteiger partial charge in [0.1, 0.15) is 0 Å². The zero-order chi connectivity index (χ0) is 17.3. The summed E-state index contributed by atoms with van der Waals surface area (Å²) in [5, 5.41) is 3.41. The quantitative estimate of drug-likeness (QED) is 0.850. The molecule has 2 saturated carbocycles. The minimum Gasteiger partial charge on any atom is -0.341 e. The summed E-state index contributed by atoms with van der Waals surface area (Å²) in [7, 11) is 0. The van der Waals surface area contributed by atoms with Crippen molar-refractivity contribution in [1.29, 1.82) is 0 Å². The van der Waals surface area contributed by atoms with Crippen molar-refractivity contribution < 1.29 is 9.59 Å². The van der Waals surface area contributed by atoms with Gasteiger partial charge in [0.15, 0.2) is 0 Å². The van der Waals surface area contributed by atoms with E-state index in [4.69, 9.17) is 0 Å². The predicted octanol–water partition coefficient (Wildman–Crippen LogP) is 2.02. The van der Waals surface area contributed by atoms with E-state index in [9.17, 15) is 9.59 Å². The van der Waals surface area contributed by atoms with Crippen molar-refractivity contribution in [3.63, 3.8) is 0 Å². The first-order valence-corrected chi connectivity index (χ1v) is 10.5. The summed E-state index contributed by atoms with van der Waals surface area (Å²) < 4.78 is 0. The molecule has 1 N–H and O–H groups in total. The first kappa shape index (κ1) is 17.3. The Morgan fingerprint density at radius 1 is 0.920 bits per heavy atom. The molecule has 0 bridgehead atoms. The number of amides is 2. The van der Waals surface area contributed by atoms with Gasteiger partial charge in [-0.15, -0.1) is 0 Å². The van der Waals surface area contributed by atoms with Crippen molar-refractivity contribution in [1.82, 2.24) is 15.1 Å². The highest BCUT2D eigenvalue weighted by Gasteiger charge is 2.58. The van der Waals surface area contributed by atoms with E-state index in [-0.39, 0.29) is 5.92 Å². The summed E-state index contributed by atoms with van der Waals surface area (Å²) in [6, 6.07) is 0. The van der Waals surface area contributed by atoms with Crippen LogP contribution in [-0.4, -0.2) is 60.9 Å². The van der Waals surface area contributed by atoms with E-state index in [1.165, 1.54) is 25.7 Å². The molecule has 4 rings (SSSR count). The molecule has 5 nitrogen and oxygen atoms in total. The van der Waals surface area contributed by atoms with E-state index in [1.54, 1.807) is 0 Å². The lowest BCUT2D eigenvalue weighted by atomic mass is 9.91. The van der Waals surface area contributed by atoms with E-state index in [0.717, 1.165) is 71.4 Å². The van der Waals surface area contributed by atoms with Crippen LogP contribution in [0.3, 0.4) is 0 Å². The van der Waals surface area contributed by atoms with Crippen molar-refractivity contribution in [2.75, 3.05) is 39.3 Å². The lowest BCUT2D eigenvalue weighted by Crippen LogP contribution is -2.39. The van der Waals surface area contributed by atoms with Crippen LogP contribution in [0.2, 0.25) is 0 Å². The van der Waals surface area contributed by atoms with E-state index >= 15 is 0 Å². The SMILES string of the molecule is O=C(CC1CCCC1)N1CCCN(C(=O)C2CC23CCNCC3)CC1. The Morgan fingerprint density at radius 3 is 2.36 bits per heavy atom. The first-order chi connectivity index (χ1) is 12.2. The number of nitrogens with zero attached hydrogens (tertiary/aromatic N) is 2. The smallest absolute Gasteiger partial charge is 0.226 e. The number of nitrogens with one attached hydrogen (secondary N) is 1. The number of rotatable bonds is 3. The van der Waals surface area contributed by atoms with Gasteiger partial charge in [-0.1, -0.05) is 12.8 Å². The molecular formula is C20H33N3O2. The van der Waals surface area contributed by atoms with Crippen molar-refractivity contribution in [2.24, 2.45) is 17.3 Å². The number of carbonyl (C=O) groups is 2. The highest BCUT2D eigenvalue weighted by atomic mass is 16.2. The van der Waals surface area contributed by atoms with Gasteiger partial charge in [0.05, 0.1) is 0 Å². The van der Waals surface area contributed by atoms with Crippen LogP contribution in [-0.2, 0) is 9.59 Å². The Bertz CT molecular complexity index is 509. The second kappa shape index (κ2) is 7.26. The van der Waals surface area contributed by atoms with E-state index in [2.05, 4.69) is 10.2 Å². The molecule has 1 spiro atoms. The molecule has 1 unspecified atom stereocenters. The van der Waals surface area contributed by atoms with Crippen LogP contribution < -0.4 is 5.32 Å². The van der Waals surface area contributed by atoms with Crippen molar-refractivity contribution in [2.45, 2.75) is 57.8 Å². The van der Waals surface area contributed by atoms with Gasteiger partial charge in [-0.25, -0.2) is 0 Å². The van der Waals surface area contributed by atoms with E-state index < -0.39 is 0 Å². The lowest BCUT2D eigenvalue weighted by Gasteiger charge is -2.26. The number of hydrogen-bond donors (Lipinski definition) is 1. The molecule has 2 aliphatic heterocycles. The molecule has 0 aromatic rings. The van der Waals surface area contributed by atoms with Gasteiger partial charge in [-0.3, -0.25) is 9.59 Å². The molecule has 0 aromatic carbocycles. The van der Waals surface area contributed by atoms with Gasteiger partial charge in [-0.05, 0) is 62.9 Å². The zero-order valence-electron chi connectivity index (χ0n) is 15.5. The molecule has 4 aliphatic rings. The van der Waals surface area contributed by atoms with Crippen LogP contribution in [0.15, 0.2) is 0 Å². The van der Waals surface area contributed by atoms with Crippen LogP contribution >= 0.6 is 0 Å². The highest BCUT2D eigenvalue weighted by Crippen LogP contribution is 2.59. The fourth-order valence-electron chi connectivity index (χ4n) is 5.37. The highest BCUT2D eigenvalue weighted by molar-refractivity contribution is 5.83. The van der Waals surface area contributed by atoms with Gasteiger partial charge in [0.2, 0.25) is 11.8 Å². The number of carbonyl (C=O) groups excluding carboxylic acids is 2. The number of piperidine rings is 1. The monoisotopic (exact) mass is 347 g/mol. The third kappa shape index (κ3) is 3.71. The molecule has 2 saturated heterocycles. The third-order valence-electron chi connectivity index (χ3n) is 7.19. The first-order valence-electron chi connectivity index (χ1n) is 10.5. The molecule has 2 heterocycles. The summed E-state index contributed by atoms with van der Waals surface area (Å²) in [6.45, 7) is 5.25. The molecular weight excluding hydrogens is 314 g/mol. The summed E-state index contributed by atoms with van der Waals surface area (Å²) in [4.78, 5) is 29.6. The molecule has 25 heavy (non-hydrogen) atoms. The Hall–Kier alpha value is -1.10. The standard InChI is InChI=1S/C20H33N3O2/c24-18(14-16-4-1-2-5-16)22-10-3-11-23(13-12-22)19(25)17-15-20(17)6-8-21-9-7-20/h16-17,21H,1-15H2. The molecule has 140 valence electrons. The summed E-state index contributed by atoms with van der Waals surface area (Å²) >= 11 is 0. The van der Waals surface area contributed by atoms with Crippen LogP contribution in [0.5, 0.6) is 0 Å². The maximum atomic E-state index is 12.9. The molecule has 0 aromatic heterocycles. The number of hydrogen-bond acceptors (Lipinski definition) is 3. The normalized spacial score (nSPS) is 29.7. The molecule has 0 radical (unpaired) electrons. The summed E-state index contributed by atoms with van der Waals surface area (Å²) in [5.41, 5.74) is 0.312. The topological polar surface area (TPSA) is 52.7 Å². The molecule has 2 aliphatic carbocycles. The van der Waals surface area contributed by atoms with Crippen molar-refractivity contribution in [3.05, 3.63) is 0 Å². The minimum absolute atomic E-state index is 0.260. The van der Waals surface area contributed by atoms with Crippen molar-refractivity contribution in [3.8, 4) is 0 Å². The second-order valence-electron chi connectivity index (χ2n) is 8.78. The summed E-state index contributed by atoms with van der Waals surface area (Å²) in [6.07, 6.45) is 10.1. The summed E-state index contributed by atoms with van der Waals surface area (Å²) in [5.74, 6) is 1.56. The van der Waals surface area contributed by atoms with Crippen LogP contribution in [0.4, 0.5) is 0 Å². The molecule has 5 heteroatoms. The maximum Gasteiger partial charge on any atom is 0.226 e. The Balaban J connectivity index is 1.28. The molecule has 1 atom stereocenters. The van der Waals surface area contributed by atoms with Gasteiger partial charge in [0.25, 0.3) is 0 Å². The maximum absolute atomic E-state index is 12.9. The predicted molar refractivity (Wildman–Crippen MR) is 97.0 cm³/mol. The van der Waals surface area contributed by atoms with Crippen LogP contribution in [0.1, 0.15) is 57.8 Å². The van der Waals surface area contributed by atoms with Crippen molar-refractivity contribution >= 4 is 11.8 Å². The molecule has 2 amide bonds. The Labute approximate surface area is 151 Å². The fraction of sp³-hybridized carbons (Fsp3) is 0.900. The van der Waals surface area contributed by atoms with E-state index in [1.807, 2.05) is 4.90 Å². The van der Waals surface area contributed by atoms with E-state index in [0.29, 0.717) is 23.1 Å². The average molecular weight is 348 g/mol. The van der Waals surface area contributed by atoms with Gasteiger partial charge in [-0.2, -0.15) is 0 Å². The average Bonchev–Trinajstić information content (AvgIpc) is 3.17.